The van der Waals surface area contributed by atoms with Crippen LogP contribution in [0.1, 0.15) is 32.8 Å². The lowest BCUT2D eigenvalue weighted by atomic mass is 10.0. The molecule has 1 aromatic heterocycles. The number of hydrogen-bond donors (Lipinski definition) is 0. The van der Waals surface area contributed by atoms with Crippen molar-refractivity contribution in [3.05, 3.63) is 30.1 Å². The van der Waals surface area contributed by atoms with E-state index in [9.17, 15) is 4.79 Å². The van der Waals surface area contributed by atoms with Gasteiger partial charge in [0.2, 0.25) is 0 Å². The normalized spacial score (nSPS) is 11.8. The van der Waals surface area contributed by atoms with Gasteiger partial charge >= 0.3 is 0 Å². The molecular weight excluding hydrogens is 240 g/mol. The fraction of sp³-hybridized carbons (Fsp3) is 0.600. The van der Waals surface area contributed by atoms with Gasteiger partial charge in [0.15, 0.2) is 5.78 Å². The maximum Gasteiger partial charge on any atom is 0.165 e. The van der Waals surface area contributed by atoms with E-state index < -0.39 is 5.60 Å². The van der Waals surface area contributed by atoms with Crippen LogP contribution in [0, 0.1) is 0 Å². The topological polar surface area (TPSA) is 42.4 Å². The van der Waals surface area contributed by atoms with Crippen molar-refractivity contribution in [1.82, 2.24) is 9.88 Å². The van der Waals surface area contributed by atoms with E-state index in [1.807, 2.05) is 26.0 Å². The predicted octanol–water partition coefficient (Wildman–Crippen LogP) is 2.29. The maximum absolute atomic E-state index is 12.0. The van der Waals surface area contributed by atoms with Gasteiger partial charge in [-0.05, 0) is 38.1 Å². The first-order valence-corrected chi connectivity index (χ1v) is 6.69. The van der Waals surface area contributed by atoms with E-state index in [-0.39, 0.29) is 5.78 Å². The number of pyridine rings is 1. The number of ether oxygens (including phenoxy) is 1. The summed E-state index contributed by atoms with van der Waals surface area (Å²) in [6.45, 7) is 8.25. The van der Waals surface area contributed by atoms with Gasteiger partial charge in [-0.2, -0.15) is 0 Å². The van der Waals surface area contributed by atoms with Crippen LogP contribution in [-0.4, -0.2) is 41.5 Å². The second-order valence-corrected chi connectivity index (χ2v) is 5.11. The molecule has 4 heteroatoms. The Balaban J connectivity index is 2.48. The van der Waals surface area contributed by atoms with E-state index in [4.69, 9.17) is 4.74 Å². The molecule has 0 amide bonds. The number of aromatic nitrogens is 1. The van der Waals surface area contributed by atoms with Gasteiger partial charge in [-0.15, -0.1) is 0 Å². The van der Waals surface area contributed by atoms with E-state index in [0.29, 0.717) is 6.42 Å². The van der Waals surface area contributed by atoms with Crippen LogP contribution in [0.4, 0.5) is 0 Å². The van der Waals surface area contributed by atoms with Gasteiger partial charge in [0.05, 0.1) is 0 Å². The van der Waals surface area contributed by atoms with Crippen LogP contribution in [0.5, 0.6) is 0 Å². The minimum Gasteiger partial charge on any atom is -0.371 e. The molecule has 0 bridgehead atoms. The summed E-state index contributed by atoms with van der Waals surface area (Å²) in [6, 6.07) is 4.01. The third-order valence-corrected chi connectivity index (χ3v) is 3.44. The highest BCUT2D eigenvalue weighted by Crippen LogP contribution is 2.12. The molecule has 4 nitrogen and oxygen atoms in total. The zero-order chi connectivity index (χ0) is 14.3. The third kappa shape index (κ3) is 5.09. The number of hydrogen-bond acceptors (Lipinski definition) is 4. The summed E-state index contributed by atoms with van der Waals surface area (Å²) in [7, 11) is 1.58. The van der Waals surface area contributed by atoms with E-state index >= 15 is 0 Å². The SMILES string of the molecule is CCN(CCC(=O)C(C)(C)OC)Cc1ccncc1. The molecule has 0 atom stereocenters. The van der Waals surface area contributed by atoms with Gasteiger partial charge in [0, 0.05) is 39.0 Å². The van der Waals surface area contributed by atoms with Crippen LogP contribution in [0.2, 0.25) is 0 Å². The van der Waals surface area contributed by atoms with E-state index in [0.717, 1.165) is 19.6 Å². The summed E-state index contributed by atoms with van der Waals surface area (Å²) in [5.74, 6) is 0.142. The molecule has 0 aliphatic carbocycles. The molecule has 0 aliphatic heterocycles. The first-order chi connectivity index (χ1) is 8.99. The lowest BCUT2D eigenvalue weighted by Crippen LogP contribution is -2.36. The molecule has 1 rings (SSSR count). The van der Waals surface area contributed by atoms with Crippen molar-refractivity contribution in [2.45, 2.75) is 39.3 Å². The summed E-state index contributed by atoms with van der Waals surface area (Å²) < 4.78 is 5.21. The Morgan fingerprint density at radius 3 is 2.53 bits per heavy atom. The van der Waals surface area contributed by atoms with Crippen molar-refractivity contribution in [3.63, 3.8) is 0 Å². The fourth-order valence-corrected chi connectivity index (χ4v) is 1.77. The van der Waals surface area contributed by atoms with E-state index in [1.54, 1.807) is 19.5 Å². The molecule has 0 aromatic carbocycles. The van der Waals surface area contributed by atoms with Gasteiger partial charge < -0.3 is 4.74 Å². The highest BCUT2D eigenvalue weighted by atomic mass is 16.5. The zero-order valence-electron chi connectivity index (χ0n) is 12.3. The quantitative estimate of drug-likeness (QED) is 0.722. The Bertz CT molecular complexity index is 390. The summed E-state index contributed by atoms with van der Waals surface area (Å²) in [5, 5.41) is 0. The fourth-order valence-electron chi connectivity index (χ4n) is 1.77. The van der Waals surface area contributed by atoms with Crippen LogP contribution in [0.3, 0.4) is 0 Å². The highest BCUT2D eigenvalue weighted by Gasteiger charge is 2.26. The number of carbonyl (C=O) groups is 1. The second-order valence-electron chi connectivity index (χ2n) is 5.11. The molecule has 0 unspecified atom stereocenters. The van der Waals surface area contributed by atoms with E-state index in [2.05, 4.69) is 16.8 Å². The molecule has 106 valence electrons. The maximum atomic E-state index is 12.0. The van der Waals surface area contributed by atoms with Crippen molar-refractivity contribution >= 4 is 5.78 Å². The molecule has 0 saturated carbocycles. The summed E-state index contributed by atoms with van der Waals surface area (Å²) >= 11 is 0. The van der Waals surface area contributed by atoms with Gasteiger partial charge in [0.25, 0.3) is 0 Å². The standard InChI is InChI=1S/C15H24N2O2/c1-5-17(12-13-6-9-16-10-7-13)11-8-14(18)15(2,3)19-4/h6-7,9-10H,5,8,11-12H2,1-4H3. The number of carbonyl (C=O) groups excluding carboxylic acids is 1. The zero-order valence-corrected chi connectivity index (χ0v) is 12.3. The van der Waals surface area contributed by atoms with Crippen LogP contribution < -0.4 is 0 Å². The van der Waals surface area contributed by atoms with Crippen molar-refractivity contribution in [2.75, 3.05) is 20.2 Å². The average molecular weight is 264 g/mol. The Labute approximate surface area is 115 Å². The highest BCUT2D eigenvalue weighted by molar-refractivity contribution is 5.86. The molecule has 0 aliphatic rings. The summed E-state index contributed by atoms with van der Waals surface area (Å²) in [5.41, 5.74) is 0.533. The van der Waals surface area contributed by atoms with E-state index in [1.165, 1.54) is 5.56 Å². The molecule has 1 aromatic rings. The summed E-state index contributed by atoms with van der Waals surface area (Å²) in [4.78, 5) is 18.3. The predicted molar refractivity (Wildman–Crippen MR) is 75.9 cm³/mol. The molecule has 19 heavy (non-hydrogen) atoms. The minimum absolute atomic E-state index is 0.142. The molecule has 0 radical (unpaired) electrons. The molecular formula is C15H24N2O2. The largest absolute Gasteiger partial charge is 0.371 e. The Hall–Kier alpha value is -1.26. The third-order valence-electron chi connectivity index (χ3n) is 3.44. The summed E-state index contributed by atoms with van der Waals surface area (Å²) in [6.07, 6.45) is 4.10. The smallest absolute Gasteiger partial charge is 0.165 e. The monoisotopic (exact) mass is 264 g/mol. The number of Topliss-reactive ketones (excluding diaryl/α,β-unsaturated/α-hetero) is 1. The van der Waals surface area contributed by atoms with Crippen molar-refractivity contribution < 1.29 is 9.53 Å². The lowest BCUT2D eigenvalue weighted by Gasteiger charge is -2.24. The first-order valence-electron chi connectivity index (χ1n) is 6.69. The lowest BCUT2D eigenvalue weighted by molar-refractivity contribution is -0.137. The number of methoxy groups -OCH3 is 1. The first kappa shape index (κ1) is 15.8. The van der Waals surface area contributed by atoms with Crippen molar-refractivity contribution in [1.29, 1.82) is 0 Å². The molecule has 0 N–H and O–H groups in total. The van der Waals surface area contributed by atoms with Crippen LogP contribution in [-0.2, 0) is 16.1 Å². The van der Waals surface area contributed by atoms with Crippen LogP contribution in [0.15, 0.2) is 24.5 Å². The van der Waals surface area contributed by atoms with Crippen LogP contribution in [0.25, 0.3) is 0 Å². The average Bonchev–Trinajstić information content (AvgIpc) is 2.44. The number of nitrogens with zero attached hydrogens (tertiary/aromatic N) is 2. The van der Waals surface area contributed by atoms with Crippen LogP contribution >= 0.6 is 0 Å². The van der Waals surface area contributed by atoms with Crippen molar-refractivity contribution in [2.24, 2.45) is 0 Å². The van der Waals surface area contributed by atoms with Gasteiger partial charge in [-0.25, -0.2) is 0 Å². The van der Waals surface area contributed by atoms with Gasteiger partial charge in [0.1, 0.15) is 5.60 Å². The Morgan fingerprint density at radius 2 is 2.00 bits per heavy atom. The van der Waals surface area contributed by atoms with Gasteiger partial charge in [-0.1, -0.05) is 6.92 Å². The molecule has 0 spiro atoms. The minimum atomic E-state index is -0.684. The Morgan fingerprint density at radius 1 is 1.37 bits per heavy atom. The number of ketones is 1. The molecule has 0 saturated heterocycles. The number of rotatable bonds is 8. The van der Waals surface area contributed by atoms with Gasteiger partial charge in [-0.3, -0.25) is 14.7 Å². The van der Waals surface area contributed by atoms with Crippen molar-refractivity contribution in [3.8, 4) is 0 Å². The second kappa shape index (κ2) is 7.36. The molecule has 1 heterocycles. The molecule has 0 fully saturated rings. The Kier molecular flexibility index (Phi) is 6.12.